The largest absolute Gasteiger partial charge is 0.491 e. The Kier molecular flexibility index (Phi) is 11.4. The Hall–Kier alpha value is -2.44. The van der Waals surface area contributed by atoms with Gasteiger partial charge in [-0.15, -0.1) is 0 Å². The van der Waals surface area contributed by atoms with Gasteiger partial charge in [0.15, 0.2) is 0 Å². The molecule has 0 aromatic heterocycles. The first kappa shape index (κ1) is 31.1. The van der Waals surface area contributed by atoms with Gasteiger partial charge in [-0.05, 0) is 62.1 Å². The van der Waals surface area contributed by atoms with Crippen molar-refractivity contribution in [3.05, 3.63) is 64.2 Å². The van der Waals surface area contributed by atoms with Crippen molar-refractivity contribution in [1.82, 2.24) is 5.32 Å². The van der Waals surface area contributed by atoms with E-state index in [-0.39, 0.29) is 0 Å². The molecule has 5 atom stereocenters. The van der Waals surface area contributed by atoms with E-state index < -0.39 is 48.8 Å². The molecule has 1 amide bonds. The molecule has 1 aliphatic rings. The third-order valence-corrected chi connectivity index (χ3v) is 6.39. The molecule has 39 heavy (non-hydrogen) atoms. The number of carbonyl (C=O) groups excluding carboxylic acids is 1. The molecule has 0 radical (unpaired) electrons. The molecule has 11 heteroatoms. The van der Waals surface area contributed by atoms with Gasteiger partial charge >= 0.3 is 6.09 Å². The first-order valence-corrected chi connectivity index (χ1v) is 13.2. The van der Waals surface area contributed by atoms with Crippen molar-refractivity contribution in [1.29, 1.82) is 0 Å². The monoisotopic (exact) mass is 567 g/mol. The summed E-state index contributed by atoms with van der Waals surface area (Å²) in [5.41, 5.74) is 1.79. The number of alkyl carbamates (subject to hydrolysis) is 1. The molecule has 1 fully saturated rings. The molecule has 1 heterocycles. The zero-order valence-corrected chi connectivity index (χ0v) is 23.1. The Morgan fingerprint density at radius 2 is 1.72 bits per heavy atom. The highest BCUT2D eigenvalue weighted by Gasteiger charge is 2.44. The van der Waals surface area contributed by atoms with Crippen LogP contribution in [0.5, 0.6) is 5.75 Å². The molecule has 1 saturated heterocycles. The van der Waals surface area contributed by atoms with Gasteiger partial charge in [-0.2, -0.15) is 0 Å². The molecule has 2 aromatic carbocycles. The number of amides is 1. The number of hydrogen-bond acceptors (Lipinski definition) is 9. The molecule has 0 bridgehead atoms. The van der Waals surface area contributed by atoms with E-state index in [1.165, 1.54) is 0 Å². The van der Waals surface area contributed by atoms with Gasteiger partial charge in [-0.1, -0.05) is 35.9 Å². The lowest BCUT2D eigenvalue weighted by molar-refractivity contribution is -0.231. The van der Waals surface area contributed by atoms with Crippen LogP contribution in [0, 0.1) is 0 Å². The summed E-state index contributed by atoms with van der Waals surface area (Å²) in [6.45, 7) is 6.29. The second-order valence-corrected chi connectivity index (χ2v) is 10.7. The molecule has 0 saturated carbocycles. The number of halogens is 1. The number of nitrogens with one attached hydrogen (secondary N) is 1. The van der Waals surface area contributed by atoms with Crippen LogP contribution in [0.25, 0.3) is 0 Å². The van der Waals surface area contributed by atoms with E-state index in [9.17, 15) is 25.2 Å². The highest BCUT2D eigenvalue weighted by atomic mass is 35.5. The molecule has 1 aliphatic heterocycles. The molecule has 216 valence electrons. The fourth-order valence-corrected chi connectivity index (χ4v) is 4.25. The van der Waals surface area contributed by atoms with Crippen LogP contribution < -0.4 is 10.1 Å². The lowest BCUT2D eigenvalue weighted by atomic mass is 9.90. The second-order valence-electron chi connectivity index (χ2n) is 10.3. The van der Waals surface area contributed by atoms with Crippen LogP contribution in [0.2, 0.25) is 5.02 Å². The predicted molar refractivity (Wildman–Crippen MR) is 144 cm³/mol. The van der Waals surface area contributed by atoms with Gasteiger partial charge in [0.05, 0.1) is 19.8 Å². The second kappa shape index (κ2) is 14.3. The van der Waals surface area contributed by atoms with E-state index in [2.05, 4.69) is 5.32 Å². The Bertz CT molecular complexity index is 1060. The summed E-state index contributed by atoms with van der Waals surface area (Å²) in [4.78, 5) is 11.6. The molecule has 0 spiro atoms. The lowest BCUT2D eigenvalue weighted by Crippen LogP contribution is -2.55. The summed E-state index contributed by atoms with van der Waals surface area (Å²) in [6.07, 6.45) is -6.13. The van der Waals surface area contributed by atoms with Crippen molar-refractivity contribution in [3.63, 3.8) is 0 Å². The minimum atomic E-state index is -1.45. The van der Waals surface area contributed by atoms with Crippen molar-refractivity contribution < 1.29 is 44.2 Å². The summed E-state index contributed by atoms with van der Waals surface area (Å²) < 4.78 is 22.0. The normalized spacial score (nSPS) is 23.3. The fourth-order valence-electron chi connectivity index (χ4n) is 4.07. The van der Waals surface area contributed by atoms with Crippen molar-refractivity contribution in [3.8, 4) is 5.75 Å². The van der Waals surface area contributed by atoms with Gasteiger partial charge in [0.25, 0.3) is 0 Å². The maximum Gasteiger partial charge on any atom is 0.407 e. The first-order valence-electron chi connectivity index (χ1n) is 12.8. The third-order valence-electron chi connectivity index (χ3n) is 6.02. The zero-order valence-electron chi connectivity index (χ0n) is 22.4. The number of hydrogen-bond donors (Lipinski definition) is 5. The first-order chi connectivity index (χ1) is 18.5. The quantitative estimate of drug-likeness (QED) is 0.258. The molecule has 5 unspecified atom stereocenters. The number of benzene rings is 2. The SMILES string of the molecule is CC(C)(C)OC(=O)NCCOCCOc1ccc(Cc2cc(C3OC(CO)C(O)C(O)C3O)ccc2Cl)cc1. The minimum Gasteiger partial charge on any atom is -0.491 e. The van der Waals surface area contributed by atoms with Gasteiger partial charge in [0.2, 0.25) is 0 Å². The van der Waals surface area contributed by atoms with E-state index in [1.807, 2.05) is 24.3 Å². The highest BCUT2D eigenvalue weighted by molar-refractivity contribution is 6.31. The molecule has 10 nitrogen and oxygen atoms in total. The van der Waals surface area contributed by atoms with E-state index in [1.54, 1.807) is 39.0 Å². The maximum absolute atomic E-state index is 11.6. The molecular weight excluding hydrogens is 530 g/mol. The van der Waals surface area contributed by atoms with E-state index in [4.69, 9.17) is 30.5 Å². The van der Waals surface area contributed by atoms with Crippen molar-refractivity contribution in [2.24, 2.45) is 0 Å². The number of carbonyl (C=O) groups is 1. The Morgan fingerprint density at radius 3 is 2.38 bits per heavy atom. The van der Waals surface area contributed by atoms with Crippen LogP contribution in [0.3, 0.4) is 0 Å². The van der Waals surface area contributed by atoms with Crippen LogP contribution in [0.1, 0.15) is 43.6 Å². The molecule has 0 aliphatic carbocycles. The van der Waals surface area contributed by atoms with Crippen LogP contribution in [-0.4, -0.2) is 89.5 Å². The minimum absolute atomic E-state index is 0.337. The zero-order chi connectivity index (χ0) is 28.6. The summed E-state index contributed by atoms with van der Waals surface area (Å²) in [7, 11) is 0. The average Bonchev–Trinajstić information content (AvgIpc) is 2.88. The van der Waals surface area contributed by atoms with Crippen LogP contribution >= 0.6 is 11.6 Å². The summed E-state index contributed by atoms with van der Waals surface area (Å²) in [5, 5.41) is 43.2. The van der Waals surface area contributed by atoms with Gasteiger partial charge in [0, 0.05) is 11.6 Å². The van der Waals surface area contributed by atoms with Crippen LogP contribution in [0.4, 0.5) is 4.79 Å². The maximum atomic E-state index is 11.6. The number of aliphatic hydroxyl groups is 4. The topological polar surface area (TPSA) is 147 Å². The molecule has 3 rings (SSSR count). The van der Waals surface area contributed by atoms with Crippen molar-refractivity contribution in [2.75, 3.05) is 33.0 Å². The highest BCUT2D eigenvalue weighted by Crippen LogP contribution is 2.34. The van der Waals surface area contributed by atoms with Crippen LogP contribution in [0.15, 0.2) is 42.5 Å². The van der Waals surface area contributed by atoms with Gasteiger partial charge in [-0.25, -0.2) is 4.79 Å². The Balaban J connectivity index is 1.47. The molecule has 2 aromatic rings. The van der Waals surface area contributed by atoms with Crippen molar-refractivity contribution >= 4 is 17.7 Å². The van der Waals surface area contributed by atoms with Gasteiger partial charge in [0.1, 0.15) is 48.5 Å². The number of aliphatic hydroxyl groups excluding tert-OH is 4. The van der Waals surface area contributed by atoms with Gasteiger partial charge in [-0.3, -0.25) is 0 Å². The summed E-state index contributed by atoms with van der Waals surface area (Å²) >= 11 is 6.43. The van der Waals surface area contributed by atoms with Gasteiger partial charge < -0.3 is 44.7 Å². The standard InChI is InChI=1S/C28H38ClNO9/c1-28(2,3)39-27(35)30-10-11-36-12-13-37-20-7-4-17(5-8-20)14-19-15-18(6-9-21(19)29)26-25(34)24(33)23(32)22(16-31)38-26/h4-9,15,22-26,31-34H,10-14,16H2,1-3H3,(H,30,35). The van der Waals surface area contributed by atoms with E-state index >= 15 is 0 Å². The Labute approximate surface area is 233 Å². The Morgan fingerprint density at radius 1 is 1.00 bits per heavy atom. The van der Waals surface area contributed by atoms with Crippen molar-refractivity contribution in [2.45, 2.75) is 63.3 Å². The third kappa shape index (κ3) is 9.32. The van der Waals surface area contributed by atoms with E-state index in [0.29, 0.717) is 49.1 Å². The number of ether oxygens (including phenoxy) is 4. The molecule has 5 N–H and O–H groups in total. The fraction of sp³-hybridized carbons (Fsp3) is 0.536. The number of rotatable bonds is 11. The average molecular weight is 568 g/mol. The smallest absolute Gasteiger partial charge is 0.407 e. The predicted octanol–water partition coefficient (Wildman–Crippen LogP) is 2.37. The molecular formula is C28H38ClNO9. The van der Waals surface area contributed by atoms with Crippen LogP contribution in [-0.2, 0) is 20.6 Å². The summed E-state index contributed by atoms with van der Waals surface area (Å²) in [6, 6.07) is 12.7. The lowest BCUT2D eigenvalue weighted by Gasteiger charge is -2.40. The van der Waals surface area contributed by atoms with E-state index in [0.717, 1.165) is 11.1 Å². The summed E-state index contributed by atoms with van der Waals surface area (Å²) in [5.74, 6) is 0.676.